The minimum absolute atomic E-state index is 0.148. The summed E-state index contributed by atoms with van der Waals surface area (Å²) >= 11 is 5.99. The number of aromatic nitrogens is 2. The molecule has 0 aliphatic heterocycles. The third kappa shape index (κ3) is 2.58. The summed E-state index contributed by atoms with van der Waals surface area (Å²) in [4.78, 5) is 21.4. The van der Waals surface area contributed by atoms with Crippen molar-refractivity contribution in [3.05, 3.63) is 59.4 Å². The Bertz CT molecular complexity index is 867. The van der Waals surface area contributed by atoms with E-state index in [1.807, 2.05) is 37.4 Å². The maximum Gasteiger partial charge on any atom is 0.335 e. The van der Waals surface area contributed by atoms with Crippen LogP contribution >= 0.6 is 11.6 Å². The topological polar surface area (TPSA) is 66.3 Å². The van der Waals surface area contributed by atoms with Gasteiger partial charge in [-0.3, -0.25) is 0 Å². The first kappa shape index (κ1) is 14.3. The van der Waals surface area contributed by atoms with E-state index in [0.717, 1.165) is 10.9 Å². The van der Waals surface area contributed by atoms with Crippen LogP contribution in [-0.2, 0) is 0 Å². The Labute approximate surface area is 131 Å². The van der Waals surface area contributed by atoms with Gasteiger partial charge in [0.25, 0.3) is 0 Å². The molecule has 0 atom stereocenters. The van der Waals surface area contributed by atoms with Gasteiger partial charge in [-0.2, -0.15) is 4.98 Å². The molecule has 22 heavy (non-hydrogen) atoms. The number of carboxylic acid groups (broad SMARTS) is 1. The van der Waals surface area contributed by atoms with Gasteiger partial charge in [0.2, 0.25) is 5.28 Å². The van der Waals surface area contributed by atoms with Gasteiger partial charge in [0.1, 0.15) is 5.82 Å². The standard InChI is InChI=1S/C16H12ClN3O2/c1-20(11-6-4-5-10(9-11)15(21)22)14-12-7-2-3-8-13(12)18-16(17)19-14/h2-9H,1H3,(H,21,22). The Hall–Kier alpha value is -2.66. The number of rotatable bonds is 3. The van der Waals surface area contributed by atoms with Crippen LogP contribution in [0.25, 0.3) is 10.9 Å². The summed E-state index contributed by atoms with van der Waals surface area (Å²) in [5.41, 5.74) is 1.66. The molecule has 110 valence electrons. The number of nitrogens with zero attached hydrogens (tertiary/aromatic N) is 3. The molecular weight excluding hydrogens is 302 g/mol. The Balaban J connectivity index is 2.14. The molecule has 2 aromatic carbocycles. The highest BCUT2D eigenvalue weighted by Crippen LogP contribution is 2.30. The van der Waals surface area contributed by atoms with E-state index in [0.29, 0.717) is 11.5 Å². The molecule has 1 heterocycles. The van der Waals surface area contributed by atoms with E-state index in [9.17, 15) is 4.79 Å². The SMILES string of the molecule is CN(c1cccc(C(=O)O)c1)c1nc(Cl)nc2ccccc12. The van der Waals surface area contributed by atoms with Gasteiger partial charge in [0.15, 0.2) is 0 Å². The zero-order valence-electron chi connectivity index (χ0n) is 11.7. The summed E-state index contributed by atoms with van der Waals surface area (Å²) in [6, 6.07) is 14.2. The molecule has 3 aromatic rings. The van der Waals surface area contributed by atoms with Crippen LogP contribution in [0.4, 0.5) is 11.5 Å². The molecule has 0 spiro atoms. The second-order valence-electron chi connectivity index (χ2n) is 4.75. The maximum atomic E-state index is 11.1. The Morgan fingerprint density at radius 3 is 2.68 bits per heavy atom. The number of hydrogen-bond donors (Lipinski definition) is 1. The summed E-state index contributed by atoms with van der Waals surface area (Å²) in [5.74, 6) is -0.348. The normalized spacial score (nSPS) is 10.6. The van der Waals surface area contributed by atoms with Crippen LogP contribution in [0.1, 0.15) is 10.4 Å². The molecule has 0 saturated carbocycles. The van der Waals surface area contributed by atoms with Crippen LogP contribution in [0.15, 0.2) is 48.5 Å². The number of carboxylic acids is 1. The molecule has 0 bridgehead atoms. The molecule has 1 aromatic heterocycles. The van der Waals surface area contributed by atoms with Crippen molar-refractivity contribution in [2.75, 3.05) is 11.9 Å². The summed E-state index contributed by atoms with van der Waals surface area (Å²) < 4.78 is 0. The van der Waals surface area contributed by atoms with E-state index < -0.39 is 5.97 Å². The van der Waals surface area contributed by atoms with Crippen molar-refractivity contribution < 1.29 is 9.90 Å². The fourth-order valence-electron chi connectivity index (χ4n) is 2.26. The van der Waals surface area contributed by atoms with Crippen LogP contribution in [0.2, 0.25) is 5.28 Å². The molecule has 6 heteroatoms. The Morgan fingerprint density at radius 2 is 1.91 bits per heavy atom. The monoisotopic (exact) mass is 313 g/mol. The van der Waals surface area contributed by atoms with E-state index in [1.165, 1.54) is 0 Å². The van der Waals surface area contributed by atoms with Crippen molar-refractivity contribution in [3.8, 4) is 0 Å². The van der Waals surface area contributed by atoms with Crippen molar-refractivity contribution in [2.45, 2.75) is 0 Å². The number of anilines is 2. The fourth-order valence-corrected chi connectivity index (χ4v) is 2.43. The second-order valence-corrected chi connectivity index (χ2v) is 5.09. The largest absolute Gasteiger partial charge is 0.478 e. The smallest absolute Gasteiger partial charge is 0.335 e. The number of fused-ring (bicyclic) bond motifs is 1. The van der Waals surface area contributed by atoms with Gasteiger partial charge in [-0.15, -0.1) is 0 Å². The molecule has 3 rings (SSSR count). The van der Waals surface area contributed by atoms with Crippen molar-refractivity contribution in [1.82, 2.24) is 9.97 Å². The van der Waals surface area contributed by atoms with Crippen LogP contribution in [0.3, 0.4) is 0 Å². The van der Waals surface area contributed by atoms with Gasteiger partial charge in [0, 0.05) is 18.1 Å². The van der Waals surface area contributed by atoms with Gasteiger partial charge in [-0.1, -0.05) is 18.2 Å². The lowest BCUT2D eigenvalue weighted by molar-refractivity contribution is 0.0697. The molecule has 0 radical (unpaired) electrons. The maximum absolute atomic E-state index is 11.1. The van der Waals surface area contributed by atoms with E-state index in [4.69, 9.17) is 16.7 Å². The zero-order valence-corrected chi connectivity index (χ0v) is 12.4. The lowest BCUT2D eigenvalue weighted by Crippen LogP contribution is -2.13. The first-order valence-electron chi connectivity index (χ1n) is 6.55. The molecular formula is C16H12ClN3O2. The quantitative estimate of drug-likeness (QED) is 0.746. The predicted molar refractivity (Wildman–Crippen MR) is 86.0 cm³/mol. The van der Waals surface area contributed by atoms with Gasteiger partial charge < -0.3 is 10.0 Å². The third-order valence-electron chi connectivity index (χ3n) is 3.35. The van der Waals surface area contributed by atoms with E-state index in [2.05, 4.69) is 9.97 Å². The molecule has 0 aliphatic carbocycles. The number of aromatic carboxylic acids is 1. The minimum Gasteiger partial charge on any atom is -0.478 e. The van der Waals surface area contributed by atoms with E-state index in [-0.39, 0.29) is 10.8 Å². The summed E-state index contributed by atoms with van der Waals surface area (Å²) in [7, 11) is 1.81. The number of carbonyl (C=O) groups is 1. The second kappa shape index (κ2) is 5.61. The summed E-state index contributed by atoms with van der Waals surface area (Å²) in [6.07, 6.45) is 0. The molecule has 0 fully saturated rings. The van der Waals surface area contributed by atoms with Crippen LogP contribution in [0.5, 0.6) is 0 Å². The van der Waals surface area contributed by atoms with Gasteiger partial charge in [0.05, 0.1) is 11.1 Å². The highest BCUT2D eigenvalue weighted by molar-refractivity contribution is 6.28. The molecule has 5 nitrogen and oxygen atoms in total. The molecule has 0 unspecified atom stereocenters. The molecule has 0 saturated heterocycles. The number of benzene rings is 2. The van der Waals surface area contributed by atoms with Gasteiger partial charge in [-0.25, -0.2) is 9.78 Å². The number of hydrogen-bond acceptors (Lipinski definition) is 4. The summed E-state index contributed by atoms with van der Waals surface area (Å²) in [6.45, 7) is 0. The number of para-hydroxylation sites is 1. The fraction of sp³-hybridized carbons (Fsp3) is 0.0625. The first-order chi connectivity index (χ1) is 10.6. The number of halogens is 1. The molecule has 0 aliphatic rings. The van der Waals surface area contributed by atoms with Crippen LogP contribution in [0, 0.1) is 0 Å². The molecule has 0 amide bonds. The van der Waals surface area contributed by atoms with Crippen LogP contribution in [-0.4, -0.2) is 28.1 Å². The lowest BCUT2D eigenvalue weighted by atomic mass is 10.1. The van der Waals surface area contributed by atoms with Gasteiger partial charge >= 0.3 is 5.97 Å². The zero-order chi connectivity index (χ0) is 15.7. The molecule has 1 N–H and O–H groups in total. The third-order valence-corrected chi connectivity index (χ3v) is 3.52. The van der Waals surface area contributed by atoms with Gasteiger partial charge in [-0.05, 0) is 41.9 Å². The highest BCUT2D eigenvalue weighted by Gasteiger charge is 2.13. The van der Waals surface area contributed by atoms with Crippen LogP contribution < -0.4 is 4.90 Å². The lowest BCUT2D eigenvalue weighted by Gasteiger charge is -2.20. The van der Waals surface area contributed by atoms with Crippen molar-refractivity contribution in [1.29, 1.82) is 0 Å². The Kier molecular flexibility index (Phi) is 3.65. The minimum atomic E-state index is -0.971. The first-order valence-corrected chi connectivity index (χ1v) is 6.93. The van der Waals surface area contributed by atoms with E-state index in [1.54, 1.807) is 23.1 Å². The summed E-state index contributed by atoms with van der Waals surface area (Å²) in [5, 5.41) is 10.1. The Morgan fingerprint density at radius 1 is 1.14 bits per heavy atom. The van der Waals surface area contributed by atoms with Crippen molar-refractivity contribution >= 4 is 40.0 Å². The average Bonchev–Trinajstić information content (AvgIpc) is 2.53. The highest BCUT2D eigenvalue weighted by atomic mass is 35.5. The van der Waals surface area contributed by atoms with Crippen molar-refractivity contribution in [3.63, 3.8) is 0 Å². The average molecular weight is 314 g/mol. The van der Waals surface area contributed by atoms with E-state index >= 15 is 0 Å². The predicted octanol–water partition coefficient (Wildman–Crippen LogP) is 3.75. The van der Waals surface area contributed by atoms with Crippen molar-refractivity contribution in [2.24, 2.45) is 0 Å².